The molecule has 0 unspecified atom stereocenters. The minimum absolute atomic E-state index is 0.0236. The third-order valence-electron chi connectivity index (χ3n) is 1.36. The van der Waals surface area contributed by atoms with Crippen molar-refractivity contribution in [1.29, 1.82) is 0 Å². The van der Waals surface area contributed by atoms with Crippen LogP contribution in [-0.2, 0) is 14.4 Å². The maximum Gasteiger partial charge on any atom is 0.245 e. The average Bonchev–Trinajstić information content (AvgIpc) is 2.03. The number of nitrogens with zero attached hydrogens (tertiary/aromatic N) is 1. The Hall–Kier alpha value is -0.610. The summed E-state index contributed by atoms with van der Waals surface area (Å²) in [7, 11) is 4.67. The van der Waals surface area contributed by atoms with Crippen LogP contribution in [0.5, 0.6) is 0 Å². The summed E-state index contributed by atoms with van der Waals surface area (Å²) in [4.78, 5) is 15.7. The van der Waals surface area contributed by atoms with E-state index < -0.39 is 0 Å². The topological polar surface area (TPSA) is 38.8 Å². The molecule has 11 heavy (non-hydrogen) atoms. The molecule has 0 rings (SSSR count). The molecule has 0 radical (unpaired) electrons. The summed E-state index contributed by atoms with van der Waals surface area (Å²) in [5.74, 6) is -0.0236. The van der Waals surface area contributed by atoms with E-state index in [4.69, 9.17) is 4.74 Å². The summed E-state index contributed by atoms with van der Waals surface area (Å²) in [6.45, 7) is 0.614. The van der Waals surface area contributed by atoms with E-state index in [2.05, 4.69) is 4.84 Å². The second kappa shape index (κ2) is 6.12. The second-order valence-corrected chi connectivity index (χ2v) is 2.17. The number of hydrogen-bond donors (Lipinski definition) is 0. The summed E-state index contributed by atoms with van der Waals surface area (Å²) >= 11 is 0. The highest BCUT2D eigenvalue weighted by Gasteiger charge is 2.05. The van der Waals surface area contributed by atoms with Crippen molar-refractivity contribution in [3.05, 3.63) is 0 Å². The zero-order chi connectivity index (χ0) is 8.69. The smallest absolute Gasteiger partial charge is 0.245 e. The molecule has 0 heterocycles. The Morgan fingerprint density at radius 3 is 2.55 bits per heavy atom. The first-order chi connectivity index (χ1) is 5.22. The number of hydroxylamine groups is 2. The van der Waals surface area contributed by atoms with Crippen molar-refractivity contribution >= 4 is 5.91 Å². The minimum atomic E-state index is -0.0236. The maximum atomic E-state index is 11.0. The highest BCUT2D eigenvalue weighted by atomic mass is 16.7. The van der Waals surface area contributed by atoms with Crippen molar-refractivity contribution < 1.29 is 14.4 Å². The highest BCUT2D eigenvalue weighted by Crippen LogP contribution is 1.94. The summed E-state index contributed by atoms with van der Waals surface area (Å²) in [5.41, 5.74) is 0. The fourth-order valence-corrected chi connectivity index (χ4v) is 0.627. The van der Waals surface area contributed by atoms with Gasteiger partial charge in [-0.25, -0.2) is 5.06 Å². The molecule has 0 aliphatic carbocycles. The van der Waals surface area contributed by atoms with Gasteiger partial charge in [0.2, 0.25) is 5.91 Å². The average molecular weight is 161 g/mol. The van der Waals surface area contributed by atoms with Crippen molar-refractivity contribution in [2.45, 2.75) is 12.8 Å². The van der Waals surface area contributed by atoms with E-state index in [0.29, 0.717) is 13.0 Å². The molecule has 0 atom stereocenters. The number of rotatable bonds is 5. The number of methoxy groups -OCH3 is 1. The van der Waals surface area contributed by atoms with Crippen molar-refractivity contribution in [2.75, 3.05) is 27.9 Å². The van der Waals surface area contributed by atoms with E-state index in [0.717, 1.165) is 6.42 Å². The lowest BCUT2D eigenvalue weighted by molar-refractivity contribution is -0.168. The molecular formula is C7H15NO3. The summed E-state index contributed by atoms with van der Waals surface area (Å²) < 4.78 is 4.79. The van der Waals surface area contributed by atoms with Crippen LogP contribution in [0.25, 0.3) is 0 Å². The zero-order valence-electron chi connectivity index (χ0n) is 7.29. The van der Waals surface area contributed by atoms with Crippen LogP contribution in [0.3, 0.4) is 0 Å². The van der Waals surface area contributed by atoms with Crippen LogP contribution >= 0.6 is 0 Å². The van der Waals surface area contributed by atoms with Gasteiger partial charge in [0.05, 0.1) is 7.11 Å². The quantitative estimate of drug-likeness (QED) is 0.433. The summed E-state index contributed by atoms with van der Waals surface area (Å²) in [6, 6.07) is 0. The van der Waals surface area contributed by atoms with Crippen LogP contribution in [-0.4, -0.2) is 38.8 Å². The van der Waals surface area contributed by atoms with Crippen molar-refractivity contribution in [3.8, 4) is 0 Å². The molecule has 1 amide bonds. The van der Waals surface area contributed by atoms with Gasteiger partial charge in [0, 0.05) is 27.2 Å². The van der Waals surface area contributed by atoms with Gasteiger partial charge >= 0.3 is 0 Å². The highest BCUT2D eigenvalue weighted by molar-refractivity contribution is 5.74. The van der Waals surface area contributed by atoms with Gasteiger partial charge in [0.1, 0.15) is 0 Å². The van der Waals surface area contributed by atoms with E-state index >= 15 is 0 Å². The molecule has 0 bridgehead atoms. The number of amides is 1. The first-order valence-electron chi connectivity index (χ1n) is 3.52. The van der Waals surface area contributed by atoms with E-state index in [1.54, 1.807) is 14.2 Å². The predicted octanol–water partition coefficient (Wildman–Crippen LogP) is 0.433. The largest absolute Gasteiger partial charge is 0.385 e. The molecule has 0 saturated heterocycles. The second-order valence-electron chi connectivity index (χ2n) is 2.17. The van der Waals surface area contributed by atoms with Crippen LogP contribution in [0.2, 0.25) is 0 Å². The molecule has 0 aromatic carbocycles. The lowest BCUT2D eigenvalue weighted by Crippen LogP contribution is -2.25. The van der Waals surface area contributed by atoms with Gasteiger partial charge in [-0.2, -0.15) is 0 Å². The summed E-state index contributed by atoms with van der Waals surface area (Å²) in [6.07, 6.45) is 1.21. The number of carbonyl (C=O) groups excluding carboxylic acids is 1. The number of carbonyl (C=O) groups is 1. The normalized spacial score (nSPS) is 9.73. The molecule has 0 spiro atoms. The van der Waals surface area contributed by atoms with Gasteiger partial charge in [0.25, 0.3) is 0 Å². The van der Waals surface area contributed by atoms with Crippen molar-refractivity contribution in [2.24, 2.45) is 0 Å². The molecule has 4 nitrogen and oxygen atoms in total. The van der Waals surface area contributed by atoms with Crippen LogP contribution < -0.4 is 0 Å². The summed E-state index contributed by atoms with van der Waals surface area (Å²) in [5, 5.41) is 1.22. The number of hydrogen-bond acceptors (Lipinski definition) is 3. The predicted molar refractivity (Wildman–Crippen MR) is 40.9 cm³/mol. The standard InChI is InChI=1S/C7H15NO3/c1-8(11-3)7(9)5-4-6-10-2/h4-6H2,1-3H3. The monoisotopic (exact) mass is 161 g/mol. The van der Waals surface area contributed by atoms with E-state index in [9.17, 15) is 4.79 Å². The third-order valence-corrected chi connectivity index (χ3v) is 1.36. The Morgan fingerprint density at radius 1 is 1.45 bits per heavy atom. The van der Waals surface area contributed by atoms with Crippen LogP contribution in [0.15, 0.2) is 0 Å². The Bertz CT molecular complexity index is 116. The van der Waals surface area contributed by atoms with Gasteiger partial charge in [-0.15, -0.1) is 0 Å². The minimum Gasteiger partial charge on any atom is -0.385 e. The molecule has 0 N–H and O–H groups in total. The van der Waals surface area contributed by atoms with Crippen LogP contribution in [0.4, 0.5) is 0 Å². The lowest BCUT2D eigenvalue weighted by Gasteiger charge is -2.12. The van der Waals surface area contributed by atoms with E-state index in [1.807, 2.05) is 0 Å². The molecular weight excluding hydrogens is 146 g/mol. The maximum absolute atomic E-state index is 11.0. The van der Waals surface area contributed by atoms with Crippen LogP contribution in [0, 0.1) is 0 Å². The first-order valence-corrected chi connectivity index (χ1v) is 3.52. The molecule has 0 aliphatic rings. The van der Waals surface area contributed by atoms with Gasteiger partial charge < -0.3 is 4.74 Å². The van der Waals surface area contributed by atoms with Crippen LogP contribution in [0.1, 0.15) is 12.8 Å². The Kier molecular flexibility index (Phi) is 5.78. The lowest BCUT2D eigenvalue weighted by atomic mass is 10.3. The zero-order valence-corrected chi connectivity index (χ0v) is 7.29. The van der Waals surface area contributed by atoms with E-state index in [1.165, 1.54) is 12.2 Å². The fraction of sp³-hybridized carbons (Fsp3) is 0.857. The molecule has 0 fully saturated rings. The molecule has 0 aromatic heterocycles. The van der Waals surface area contributed by atoms with Gasteiger partial charge in [-0.3, -0.25) is 9.63 Å². The van der Waals surface area contributed by atoms with Crippen molar-refractivity contribution in [3.63, 3.8) is 0 Å². The molecule has 0 aromatic rings. The van der Waals surface area contributed by atoms with E-state index in [-0.39, 0.29) is 5.91 Å². The Labute approximate surface area is 67.0 Å². The van der Waals surface area contributed by atoms with Gasteiger partial charge in [-0.1, -0.05) is 0 Å². The van der Waals surface area contributed by atoms with Gasteiger partial charge in [-0.05, 0) is 6.42 Å². The molecule has 0 saturated carbocycles. The molecule has 66 valence electrons. The third kappa shape index (κ3) is 4.75. The fourth-order valence-electron chi connectivity index (χ4n) is 0.627. The molecule has 4 heteroatoms. The Morgan fingerprint density at radius 2 is 2.09 bits per heavy atom. The number of ether oxygens (including phenoxy) is 1. The van der Waals surface area contributed by atoms with Gasteiger partial charge in [0.15, 0.2) is 0 Å². The molecule has 0 aliphatic heterocycles. The first kappa shape index (κ1) is 10.4. The SMILES string of the molecule is COCCCC(=O)N(C)OC. The Balaban J connectivity index is 3.36. The van der Waals surface area contributed by atoms with Crippen molar-refractivity contribution in [1.82, 2.24) is 5.06 Å².